The van der Waals surface area contributed by atoms with Crippen molar-refractivity contribution in [2.45, 2.75) is 6.61 Å². The van der Waals surface area contributed by atoms with E-state index in [1.165, 1.54) is 31.4 Å². The number of halogens is 2. The molecule has 3 N–H and O–H groups in total. The largest absolute Gasteiger partial charge is 0.487 e. The first-order valence-electron chi connectivity index (χ1n) is 8.23. The minimum atomic E-state index is -0.684. The van der Waals surface area contributed by atoms with Gasteiger partial charge in [-0.2, -0.15) is 0 Å². The van der Waals surface area contributed by atoms with Crippen LogP contribution in [0.25, 0.3) is 0 Å². The average molecular weight is 390 g/mol. The van der Waals surface area contributed by atoms with Crippen molar-refractivity contribution < 1.29 is 27.9 Å². The summed E-state index contributed by atoms with van der Waals surface area (Å²) >= 11 is 0. The molecule has 2 aromatic carbocycles. The lowest BCUT2D eigenvalue weighted by molar-refractivity contribution is 0.0427. The maximum Gasteiger partial charge on any atom is 0.337 e. The number of hydroxylamine groups is 1. The second kappa shape index (κ2) is 10.7. The highest BCUT2D eigenvalue weighted by Gasteiger charge is 2.06. The highest BCUT2D eigenvalue weighted by molar-refractivity contribution is 5.89. The predicted octanol–water partition coefficient (Wildman–Crippen LogP) is 3.37. The summed E-state index contributed by atoms with van der Waals surface area (Å²) in [6.07, 6.45) is 1.91. The number of hydrogen-bond acceptors (Lipinski definition) is 6. The van der Waals surface area contributed by atoms with Crippen LogP contribution in [-0.4, -0.2) is 19.7 Å². The fraction of sp³-hybridized carbons (Fsp3) is 0.150. The average Bonchev–Trinajstić information content (AvgIpc) is 2.72. The molecular weight excluding hydrogens is 370 g/mol. The van der Waals surface area contributed by atoms with E-state index in [2.05, 4.69) is 10.2 Å². The minimum absolute atomic E-state index is 0.0613. The highest BCUT2D eigenvalue weighted by atomic mass is 19.1. The molecule has 148 valence electrons. The van der Waals surface area contributed by atoms with Crippen LogP contribution in [0.4, 0.5) is 8.78 Å². The zero-order valence-electron chi connectivity index (χ0n) is 15.2. The molecule has 0 radical (unpaired) electrons. The van der Waals surface area contributed by atoms with Gasteiger partial charge in [0.1, 0.15) is 24.0 Å². The van der Waals surface area contributed by atoms with Crippen molar-refractivity contribution >= 4 is 5.97 Å². The predicted molar refractivity (Wildman–Crippen MR) is 99.1 cm³/mol. The van der Waals surface area contributed by atoms with Gasteiger partial charge in [0, 0.05) is 12.3 Å². The molecule has 0 unspecified atom stereocenters. The van der Waals surface area contributed by atoms with E-state index in [9.17, 15) is 13.6 Å². The van der Waals surface area contributed by atoms with Gasteiger partial charge in [-0.3, -0.25) is 10.3 Å². The van der Waals surface area contributed by atoms with E-state index in [4.69, 9.17) is 15.3 Å². The Balaban J connectivity index is 1.92. The number of ether oxygens (including phenoxy) is 2. The lowest BCUT2D eigenvalue weighted by Gasteiger charge is -2.13. The monoisotopic (exact) mass is 390 g/mol. The molecule has 28 heavy (non-hydrogen) atoms. The van der Waals surface area contributed by atoms with Crippen LogP contribution in [0.2, 0.25) is 0 Å². The molecule has 0 aliphatic heterocycles. The first-order valence-corrected chi connectivity index (χ1v) is 8.23. The summed E-state index contributed by atoms with van der Waals surface area (Å²) < 4.78 is 36.5. The highest BCUT2D eigenvalue weighted by Crippen LogP contribution is 2.13. The standard InChI is InChI=1S/C20H20F2N2O4/c1-26-20(25)15-4-2-14(3-5-15)12-28-24-18(10-17(22)11-23)13-27-19-8-6-16(21)7-9-19/h2-11,24H,12-13,23H2,1H3/b17-11+,18-10+. The van der Waals surface area contributed by atoms with E-state index in [1.807, 2.05) is 0 Å². The van der Waals surface area contributed by atoms with Crippen molar-refractivity contribution in [3.05, 3.63) is 89.3 Å². The van der Waals surface area contributed by atoms with Crippen molar-refractivity contribution in [1.29, 1.82) is 0 Å². The topological polar surface area (TPSA) is 82.8 Å². The Bertz CT molecular complexity index is 834. The molecule has 0 atom stereocenters. The molecule has 6 nitrogen and oxygen atoms in total. The molecule has 0 spiro atoms. The fourth-order valence-corrected chi connectivity index (χ4v) is 2.07. The smallest absolute Gasteiger partial charge is 0.337 e. The number of nitrogens with two attached hydrogens (primary N) is 1. The van der Waals surface area contributed by atoms with Gasteiger partial charge in [-0.15, -0.1) is 0 Å². The molecule has 0 heterocycles. The van der Waals surface area contributed by atoms with Gasteiger partial charge in [0.25, 0.3) is 0 Å². The molecule has 0 aromatic heterocycles. The molecule has 0 saturated carbocycles. The third-order valence-corrected chi connectivity index (χ3v) is 3.50. The van der Waals surface area contributed by atoms with Gasteiger partial charge in [0.15, 0.2) is 0 Å². The fourth-order valence-electron chi connectivity index (χ4n) is 2.07. The number of allylic oxidation sites excluding steroid dienone is 2. The normalized spacial score (nSPS) is 11.8. The van der Waals surface area contributed by atoms with E-state index in [-0.39, 0.29) is 24.7 Å². The van der Waals surface area contributed by atoms with Crippen molar-refractivity contribution in [3.8, 4) is 5.75 Å². The molecule has 0 bridgehead atoms. The maximum absolute atomic E-state index is 13.5. The molecule has 0 saturated heterocycles. The van der Waals surface area contributed by atoms with Gasteiger partial charge in [-0.1, -0.05) is 12.1 Å². The summed E-state index contributed by atoms with van der Waals surface area (Å²) in [5.41, 5.74) is 9.19. The van der Waals surface area contributed by atoms with Crippen LogP contribution in [0.5, 0.6) is 5.75 Å². The van der Waals surface area contributed by atoms with Crippen molar-refractivity contribution in [2.75, 3.05) is 13.7 Å². The Labute approximate surface area is 161 Å². The SMILES string of the molecule is COC(=O)c1ccc(CON/C(=C/C(F)=C\N)COc2ccc(F)cc2)cc1. The van der Waals surface area contributed by atoms with Crippen LogP contribution in [0.15, 0.2) is 72.3 Å². The molecule has 0 fully saturated rings. The second-order valence-electron chi connectivity index (χ2n) is 5.54. The zero-order valence-corrected chi connectivity index (χ0v) is 15.2. The number of carbonyl (C=O) groups is 1. The first kappa shape index (κ1) is 20.9. The number of nitrogens with one attached hydrogen (secondary N) is 1. The van der Waals surface area contributed by atoms with Gasteiger partial charge in [-0.05, 0) is 42.0 Å². The Morgan fingerprint density at radius 1 is 1.14 bits per heavy atom. The summed E-state index contributed by atoms with van der Waals surface area (Å²) in [5.74, 6) is -1.10. The van der Waals surface area contributed by atoms with Gasteiger partial charge in [0.2, 0.25) is 0 Å². The molecule has 2 rings (SSSR count). The quantitative estimate of drug-likeness (QED) is 0.388. The van der Waals surface area contributed by atoms with Gasteiger partial charge >= 0.3 is 5.97 Å². The summed E-state index contributed by atoms with van der Waals surface area (Å²) in [5, 5.41) is 0. The van der Waals surface area contributed by atoms with E-state index in [0.717, 1.165) is 17.8 Å². The summed E-state index contributed by atoms with van der Waals surface area (Å²) in [6.45, 7) is 0.0808. The van der Waals surface area contributed by atoms with Crippen LogP contribution in [0.3, 0.4) is 0 Å². The Kier molecular flexibility index (Phi) is 7.98. The first-order chi connectivity index (χ1) is 13.5. The second-order valence-corrected chi connectivity index (χ2v) is 5.54. The number of rotatable bonds is 9. The third-order valence-electron chi connectivity index (χ3n) is 3.50. The molecule has 0 aliphatic carbocycles. The van der Waals surface area contributed by atoms with Gasteiger partial charge < -0.3 is 15.2 Å². The zero-order chi connectivity index (χ0) is 20.4. The Morgan fingerprint density at radius 2 is 1.82 bits per heavy atom. The Morgan fingerprint density at radius 3 is 2.43 bits per heavy atom. The molecule has 0 amide bonds. The van der Waals surface area contributed by atoms with E-state index < -0.39 is 11.8 Å². The lowest BCUT2D eigenvalue weighted by Crippen LogP contribution is -2.19. The third kappa shape index (κ3) is 6.73. The number of benzene rings is 2. The van der Waals surface area contributed by atoms with Gasteiger partial charge in [0.05, 0.1) is 25.0 Å². The number of hydrogen-bond donors (Lipinski definition) is 2. The molecular formula is C20H20F2N2O4. The lowest BCUT2D eigenvalue weighted by atomic mass is 10.1. The molecule has 2 aromatic rings. The number of esters is 1. The maximum atomic E-state index is 13.5. The van der Waals surface area contributed by atoms with Gasteiger partial charge in [-0.25, -0.2) is 13.6 Å². The van der Waals surface area contributed by atoms with E-state index in [0.29, 0.717) is 11.3 Å². The number of methoxy groups -OCH3 is 1. The van der Waals surface area contributed by atoms with E-state index >= 15 is 0 Å². The van der Waals surface area contributed by atoms with Crippen LogP contribution in [0, 0.1) is 5.82 Å². The van der Waals surface area contributed by atoms with E-state index in [1.54, 1.807) is 24.3 Å². The Hall–Kier alpha value is -3.39. The summed E-state index contributed by atoms with van der Waals surface area (Å²) in [6, 6.07) is 12.0. The van der Waals surface area contributed by atoms with Crippen LogP contribution >= 0.6 is 0 Å². The van der Waals surface area contributed by atoms with Crippen LogP contribution < -0.4 is 16.0 Å². The van der Waals surface area contributed by atoms with Crippen molar-refractivity contribution in [1.82, 2.24) is 5.48 Å². The number of carbonyl (C=O) groups excluding carboxylic acids is 1. The molecule has 8 heteroatoms. The summed E-state index contributed by atoms with van der Waals surface area (Å²) in [4.78, 5) is 16.8. The summed E-state index contributed by atoms with van der Waals surface area (Å²) in [7, 11) is 1.31. The minimum Gasteiger partial charge on any atom is -0.487 e. The molecule has 0 aliphatic rings. The van der Waals surface area contributed by atoms with Crippen LogP contribution in [-0.2, 0) is 16.2 Å². The van der Waals surface area contributed by atoms with Crippen molar-refractivity contribution in [3.63, 3.8) is 0 Å². The van der Waals surface area contributed by atoms with Crippen LogP contribution in [0.1, 0.15) is 15.9 Å². The van der Waals surface area contributed by atoms with Crippen molar-refractivity contribution in [2.24, 2.45) is 5.73 Å².